The smallest absolute Gasteiger partial charge is 0.227 e. The highest BCUT2D eigenvalue weighted by Crippen LogP contribution is 2.40. The lowest BCUT2D eigenvalue weighted by atomic mass is 9.73. The van der Waals surface area contributed by atoms with Crippen molar-refractivity contribution in [1.29, 1.82) is 0 Å². The number of piperidine rings is 2. The summed E-state index contributed by atoms with van der Waals surface area (Å²) in [5, 5.41) is 1.18. The predicted octanol–water partition coefficient (Wildman–Crippen LogP) is 6.84. The van der Waals surface area contributed by atoms with Gasteiger partial charge in [0.1, 0.15) is 5.75 Å². The van der Waals surface area contributed by atoms with E-state index in [4.69, 9.17) is 27.9 Å². The van der Waals surface area contributed by atoms with Crippen LogP contribution in [0.3, 0.4) is 0 Å². The number of hydrogen-bond acceptors (Lipinski definition) is 4. The topological polar surface area (TPSA) is 36.0 Å². The molecule has 1 atom stereocenters. The zero-order valence-corrected chi connectivity index (χ0v) is 25.6. The summed E-state index contributed by atoms with van der Waals surface area (Å²) in [6, 6.07) is 14.7. The lowest BCUT2D eigenvalue weighted by molar-refractivity contribution is -0.131. The second-order valence-corrected chi connectivity index (χ2v) is 12.9. The molecule has 3 aliphatic rings. The van der Waals surface area contributed by atoms with E-state index in [0.29, 0.717) is 23.0 Å². The summed E-state index contributed by atoms with van der Waals surface area (Å²) in [6.45, 7) is 7.43. The molecule has 40 heavy (non-hydrogen) atoms. The maximum atomic E-state index is 13.7. The van der Waals surface area contributed by atoms with E-state index >= 15 is 0 Å². The fraction of sp³-hybridized carbons (Fsp3) is 0.606. The normalized spacial score (nSPS) is 23.6. The number of likely N-dealkylation sites (tertiary alicyclic amines) is 3. The van der Waals surface area contributed by atoms with Crippen LogP contribution in [0.15, 0.2) is 42.5 Å². The van der Waals surface area contributed by atoms with Gasteiger partial charge in [0.15, 0.2) is 0 Å². The van der Waals surface area contributed by atoms with Gasteiger partial charge in [-0.05, 0) is 101 Å². The molecule has 2 aromatic carbocycles. The minimum absolute atomic E-state index is 0.148. The Morgan fingerprint density at radius 2 is 1.68 bits per heavy atom. The molecule has 3 saturated heterocycles. The van der Waals surface area contributed by atoms with Gasteiger partial charge in [-0.25, -0.2) is 0 Å². The summed E-state index contributed by atoms with van der Waals surface area (Å²) in [4.78, 5) is 21.2. The van der Waals surface area contributed by atoms with Crippen molar-refractivity contribution in [1.82, 2.24) is 14.7 Å². The highest BCUT2D eigenvalue weighted by Gasteiger charge is 2.38. The first-order chi connectivity index (χ1) is 19.5. The quantitative estimate of drug-likeness (QED) is 0.340. The maximum Gasteiger partial charge on any atom is 0.227 e. The van der Waals surface area contributed by atoms with E-state index in [1.165, 1.54) is 50.8 Å². The van der Waals surface area contributed by atoms with Crippen LogP contribution in [0.1, 0.15) is 68.9 Å². The molecule has 3 heterocycles. The molecule has 0 unspecified atom stereocenters. The average Bonchev–Trinajstić information content (AvgIpc) is 3.22. The van der Waals surface area contributed by atoms with Crippen molar-refractivity contribution < 1.29 is 9.53 Å². The standard InChI is InChI=1S/C33H45Cl2N3O2/c1-40-31-10-4-3-9-26(31)23-32(39)38-19-8-5-15-33(25-38,27-11-12-29(34)30(35)24-27)16-22-36-20-13-28(14-21-36)37-17-6-2-7-18-37/h3-4,9-12,24,28H,2,5-8,13-23,25H2,1H3/t33-/m1/s1. The molecular formula is C33H45Cl2N3O2. The van der Waals surface area contributed by atoms with Gasteiger partial charge >= 0.3 is 0 Å². The molecule has 0 bridgehead atoms. The van der Waals surface area contributed by atoms with Crippen LogP contribution in [0.5, 0.6) is 5.75 Å². The van der Waals surface area contributed by atoms with Crippen LogP contribution < -0.4 is 4.74 Å². The number of amides is 1. The summed E-state index contributed by atoms with van der Waals surface area (Å²) < 4.78 is 5.54. The van der Waals surface area contributed by atoms with Gasteiger partial charge < -0.3 is 19.4 Å². The number of nitrogens with zero attached hydrogens (tertiary/aromatic N) is 3. The van der Waals surface area contributed by atoms with Crippen molar-refractivity contribution in [2.24, 2.45) is 0 Å². The number of carbonyl (C=O) groups excluding carboxylic acids is 1. The zero-order chi connectivity index (χ0) is 28.0. The van der Waals surface area contributed by atoms with Crippen LogP contribution in [0.4, 0.5) is 0 Å². The molecule has 5 rings (SSSR count). The Bertz CT molecular complexity index is 1130. The summed E-state index contributed by atoms with van der Waals surface area (Å²) in [5.41, 5.74) is 2.00. The predicted molar refractivity (Wildman–Crippen MR) is 165 cm³/mol. The molecule has 0 aromatic heterocycles. The molecule has 218 valence electrons. The molecule has 0 aliphatic carbocycles. The molecule has 1 amide bonds. The molecule has 0 radical (unpaired) electrons. The molecule has 0 spiro atoms. The van der Waals surface area contributed by atoms with E-state index in [0.717, 1.165) is 69.2 Å². The van der Waals surface area contributed by atoms with Gasteiger partial charge in [-0.2, -0.15) is 0 Å². The summed E-state index contributed by atoms with van der Waals surface area (Å²) in [7, 11) is 1.67. The largest absolute Gasteiger partial charge is 0.496 e. The Kier molecular flexibility index (Phi) is 10.3. The SMILES string of the molecule is COc1ccccc1CC(=O)N1CCCC[C@](CCN2CCC(N3CCCCC3)CC2)(c2ccc(Cl)c(Cl)c2)C1. The fourth-order valence-corrected chi connectivity index (χ4v) is 7.50. The second-order valence-electron chi connectivity index (χ2n) is 12.1. The lowest BCUT2D eigenvalue weighted by Gasteiger charge is -2.42. The Labute approximate surface area is 250 Å². The number of benzene rings is 2. The molecule has 5 nitrogen and oxygen atoms in total. The zero-order valence-electron chi connectivity index (χ0n) is 24.1. The molecule has 7 heteroatoms. The Balaban J connectivity index is 1.31. The molecule has 3 aliphatic heterocycles. The maximum absolute atomic E-state index is 13.7. The third-order valence-corrected chi connectivity index (χ3v) is 10.4. The van der Waals surface area contributed by atoms with E-state index < -0.39 is 0 Å². The average molecular weight is 587 g/mol. The van der Waals surface area contributed by atoms with Crippen LogP contribution in [-0.2, 0) is 16.6 Å². The van der Waals surface area contributed by atoms with E-state index in [9.17, 15) is 4.79 Å². The third kappa shape index (κ3) is 7.15. The number of carbonyl (C=O) groups is 1. The molecule has 2 aromatic rings. The van der Waals surface area contributed by atoms with E-state index in [1.54, 1.807) is 7.11 Å². The number of para-hydroxylation sites is 1. The van der Waals surface area contributed by atoms with Crippen LogP contribution >= 0.6 is 23.2 Å². The van der Waals surface area contributed by atoms with Crippen molar-refractivity contribution in [3.63, 3.8) is 0 Å². The van der Waals surface area contributed by atoms with Crippen molar-refractivity contribution in [3.05, 3.63) is 63.6 Å². The van der Waals surface area contributed by atoms with Crippen molar-refractivity contribution in [3.8, 4) is 5.75 Å². The molecule has 0 saturated carbocycles. The van der Waals surface area contributed by atoms with Gasteiger partial charge in [0.25, 0.3) is 0 Å². The van der Waals surface area contributed by atoms with Crippen LogP contribution in [-0.4, -0.2) is 79.6 Å². The summed E-state index contributed by atoms with van der Waals surface area (Å²) in [5.74, 6) is 0.938. The van der Waals surface area contributed by atoms with Gasteiger partial charge in [0.05, 0.1) is 23.6 Å². The second kappa shape index (κ2) is 13.9. The highest BCUT2D eigenvalue weighted by atomic mass is 35.5. The van der Waals surface area contributed by atoms with Crippen LogP contribution in [0.2, 0.25) is 10.0 Å². The van der Waals surface area contributed by atoms with Gasteiger partial charge in [-0.15, -0.1) is 0 Å². The number of ether oxygens (including phenoxy) is 1. The third-order valence-electron chi connectivity index (χ3n) is 9.62. The Hall–Kier alpha value is -1.79. The Morgan fingerprint density at radius 3 is 2.42 bits per heavy atom. The van der Waals surface area contributed by atoms with Gasteiger partial charge in [-0.1, -0.05) is 60.3 Å². The Morgan fingerprint density at radius 1 is 0.925 bits per heavy atom. The van der Waals surface area contributed by atoms with Gasteiger partial charge in [0.2, 0.25) is 5.91 Å². The van der Waals surface area contributed by atoms with Gasteiger partial charge in [0, 0.05) is 30.1 Å². The van der Waals surface area contributed by atoms with E-state index in [2.05, 4.69) is 26.8 Å². The first-order valence-electron chi connectivity index (χ1n) is 15.3. The molecule has 0 N–H and O–H groups in total. The number of hydrogen-bond donors (Lipinski definition) is 0. The van der Waals surface area contributed by atoms with E-state index in [1.807, 2.05) is 30.3 Å². The minimum Gasteiger partial charge on any atom is -0.496 e. The number of methoxy groups -OCH3 is 1. The van der Waals surface area contributed by atoms with Crippen LogP contribution in [0, 0.1) is 0 Å². The highest BCUT2D eigenvalue weighted by molar-refractivity contribution is 6.42. The molecule has 3 fully saturated rings. The monoisotopic (exact) mass is 585 g/mol. The van der Waals surface area contributed by atoms with Crippen molar-refractivity contribution in [2.75, 3.05) is 52.9 Å². The van der Waals surface area contributed by atoms with Crippen molar-refractivity contribution >= 4 is 29.1 Å². The van der Waals surface area contributed by atoms with E-state index in [-0.39, 0.29) is 11.3 Å². The summed E-state index contributed by atoms with van der Waals surface area (Å²) >= 11 is 12.9. The number of rotatable bonds is 8. The first-order valence-corrected chi connectivity index (χ1v) is 16.0. The van der Waals surface area contributed by atoms with Crippen LogP contribution in [0.25, 0.3) is 0 Å². The number of halogens is 2. The molecular weight excluding hydrogens is 541 g/mol. The summed E-state index contributed by atoms with van der Waals surface area (Å²) in [6.07, 6.45) is 11.2. The van der Waals surface area contributed by atoms with Crippen molar-refractivity contribution in [2.45, 2.75) is 75.7 Å². The lowest BCUT2D eigenvalue weighted by Crippen LogP contribution is -2.48. The minimum atomic E-state index is -0.148. The fourth-order valence-electron chi connectivity index (χ4n) is 7.20. The first kappa shape index (κ1) is 29.7. The van der Waals surface area contributed by atoms with Gasteiger partial charge in [-0.3, -0.25) is 4.79 Å².